The van der Waals surface area contributed by atoms with E-state index in [1.165, 1.54) is 23.0 Å². The predicted octanol–water partition coefficient (Wildman–Crippen LogP) is 5.11. The van der Waals surface area contributed by atoms with E-state index in [2.05, 4.69) is 11.1 Å². The molecule has 0 saturated heterocycles. The zero-order valence-electron chi connectivity index (χ0n) is 16.8. The van der Waals surface area contributed by atoms with Crippen LogP contribution >= 0.6 is 11.6 Å². The second-order valence-electron chi connectivity index (χ2n) is 7.53. The summed E-state index contributed by atoms with van der Waals surface area (Å²) in [5.41, 5.74) is 3.45. The molecule has 0 atom stereocenters. The number of benzene rings is 3. The second kappa shape index (κ2) is 7.95. The van der Waals surface area contributed by atoms with E-state index in [1.54, 1.807) is 30.3 Å². The normalized spacial score (nSPS) is 11.2. The molecule has 0 fully saturated rings. The van der Waals surface area contributed by atoms with Gasteiger partial charge in [-0.2, -0.15) is 5.26 Å². The molecule has 32 heavy (non-hydrogen) atoms. The maximum Gasteiger partial charge on any atom is 0.278 e. The van der Waals surface area contributed by atoms with Gasteiger partial charge in [-0.05, 0) is 47.5 Å². The fraction of sp³-hybridized carbons (Fsp3) is 0.0800. The fourth-order valence-electron chi connectivity index (χ4n) is 3.98. The lowest BCUT2D eigenvalue weighted by molar-refractivity contribution is 0.629. The summed E-state index contributed by atoms with van der Waals surface area (Å²) in [6.45, 7) is 0.607. The Morgan fingerprint density at radius 1 is 1.03 bits per heavy atom. The third-order valence-corrected chi connectivity index (χ3v) is 5.85. The second-order valence-corrected chi connectivity index (χ2v) is 7.93. The molecule has 156 valence electrons. The summed E-state index contributed by atoms with van der Waals surface area (Å²) in [6, 6.07) is 21.1. The number of fused-ring (bicyclic) bond motifs is 3. The van der Waals surface area contributed by atoms with E-state index in [4.69, 9.17) is 11.6 Å². The molecule has 0 unspecified atom stereocenters. The molecule has 5 aromatic rings. The molecule has 0 amide bonds. The molecule has 0 N–H and O–H groups in total. The van der Waals surface area contributed by atoms with Crippen LogP contribution in [0.1, 0.15) is 16.7 Å². The van der Waals surface area contributed by atoms with Crippen molar-refractivity contribution in [2.45, 2.75) is 13.1 Å². The number of rotatable bonds is 4. The largest absolute Gasteiger partial charge is 0.330 e. The fourth-order valence-corrected chi connectivity index (χ4v) is 4.18. The number of hydrogen-bond acceptors (Lipinski definition) is 3. The minimum Gasteiger partial charge on any atom is -0.330 e. The van der Waals surface area contributed by atoms with Gasteiger partial charge < -0.3 is 4.57 Å². The molecule has 2 heterocycles. The average Bonchev–Trinajstić information content (AvgIpc) is 3.10. The van der Waals surface area contributed by atoms with Gasteiger partial charge in [0.05, 0.1) is 30.0 Å². The first-order valence-electron chi connectivity index (χ1n) is 9.94. The number of halogens is 2. The Labute approximate surface area is 187 Å². The molecule has 0 radical (unpaired) electrons. The Hall–Kier alpha value is -3.95. The molecule has 3 aromatic carbocycles. The van der Waals surface area contributed by atoms with Crippen molar-refractivity contribution in [2.75, 3.05) is 0 Å². The van der Waals surface area contributed by atoms with Crippen LogP contribution < -0.4 is 5.56 Å². The van der Waals surface area contributed by atoms with Gasteiger partial charge in [0.15, 0.2) is 0 Å². The first-order chi connectivity index (χ1) is 15.5. The topological polar surface area (TPSA) is 63.6 Å². The SMILES string of the molecule is N#Cc1cccc(Cn2c3ccc(F)cc3c3ncn(Cc4ccccc4Cl)c(=O)c32)c1. The summed E-state index contributed by atoms with van der Waals surface area (Å²) >= 11 is 6.28. The maximum absolute atomic E-state index is 14.0. The van der Waals surface area contributed by atoms with Crippen molar-refractivity contribution in [2.24, 2.45) is 0 Å². The van der Waals surface area contributed by atoms with Gasteiger partial charge in [-0.15, -0.1) is 0 Å². The lowest BCUT2D eigenvalue weighted by atomic mass is 10.1. The highest BCUT2D eigenvalue weighted by atomic mass is 35.5. The molecule has 0 spiro atoms. The van der Waals surface area contributed by atoms with Crippen LogP contribution in [-0.2, 0) is 13.1 Å². The Morgan fingerprint density at radius 3 is 2.69 bits per heavy atom. The number of aromatic nitrogens is 3. The molecule has 2 aromatic heterocycles. The van der Waals surface area contributed by atoms with Gasteiger partial charge in [0.1, 0.15) is 16.9 Å². The summed E-state index contributed by atoms with van der Waals surface area (Å²) in [7, 11) is 0. The standard InChI is InChI=1S/C25H16ClFN4O/c26-21-7-2-1-6-18(21)14-30-15-29-23-20-11-19(27)8-9-22(20)31(24(23)25(30)32)13-17-5-3-4-16(10-17)12-28/h1-11,15H,13-14H2. The van der Waals surface area contributed by atoms with Gasteiger partial charge in [0, 0.05) is 17.0 Å². The van der Waals surface area contributed by atoms with Crippen LogP contribution in [0, 0.1) is 17.1 Å². The van der Waals surface area contributed by atoms with E-state index in [0.29, 0.717) is 39.1 Å². The zero-order valence-corrected chi connectivity index (χ0v) is 17.6. The van der Waals surface area contributed by atoms with Crippen molar-refractivity contribution in [1.29, 1.82) is 5.26 Å². The molecular formula is C25H16ClFN4O. The minimum atomic E-state index is -0.398. The van der Waals surface area contributed by atoms with E-state index in [-0.39, 0.29) is 12.1 Å². The summed E-state index contributed by atoms with van der Waals surface area (Å²) in [4.78, 5) is 18.1. The van der Waals surface area contributed by atoms with Crippen LogP contribution in [-0.4, -0.2) is 14.1 Å². The summed E-state index contributed by atoms with van der Waals surface area (Å²) in [6.07, 6.45) is 1.47. The molecule has 0 aliphatic carbocycles. The van der Waals surface area contributed by atoms with Crippen LogP contribution in [0.3, 0.4) is 0 Å². The van der Waals surface area contributed by atoms with Crippen molar-refractivity contribution < 1.29 is 4.39 Å². The molecule has 0 saturated carbocycles. The predicted molar refractivity (Wildman–Crippen MR) is 122 cm³/mol. The quantitative estimate of drug-likeness (QED) is 0.388. The number of nitriles is 1. The highest BCUT2D eigenvalue weighted by Crippen LogP contribution is 2.27. The Balaban J connectivity index is 1.73. The summed E-state index contributed by atoms with van der Waals surface area (Å²) in [5, 5.41) is 10.4. The Morgan fingerprint density at radius 2 is 1.88 bits per heavy atom. The molecule has 5 nitrogen and oxygen atoms in total. The van der Waals surface area contributed by atoms with Gasteiger partial charge >= 0.3 is 0 Å². The molecule has 5 rings (SSSR count). The molecule has 7 heteroatoms. The minimum absolute atomic E-state index is 0.247. The van der Waals surface area contributed by atoms with Crippen molar-refractivity contribution in [3.8, 4) is 6.07 Å². The van der Waals surface area contributed by atoms with Crippen LogP contribution in [0.25, 0.3) is 21.9 Å². The van der Waals surface area contributed by atoms with Gasteiger partial charge in [-0.1, -0.05) is 41.9 Å². The number of nitrogens with zero attached hydrogens (tertiary/aromatic N) is 4. The zero-order chi connectivity index (χ0) is 22.2. The van der Waals surface area contributed by atoms with Crippen LogP contribution in [0.5, 0.6) is 0 Å². The average molecular weight is 443 g/mol. The Bertz CT molecular complexity index is 1600. The molecule has 0 aliphatic heterocycles. The van der Waals surface area contributed by atoms with Crippen molar-refractivity contribution in [3.63, 3.8) is 0 Å². The van der Waals surface area contributed by atoms with Crippen LogP contribution in [0.4, 0.5) is 4.39 Å². The van der Waals surface area contributed by atoms with Gasteiger partial charge in [-0.3, -0.25) is 9.36 Å². The highest BCUT2D eigenvalue weighted by Gasteiger charge is 2.18. The maximum atomic E-state index is 14.0. The smallest absolute Gasteiger partial charge is 0.278 e. The summed E-state index contributed by atoms with van der Waals surface area (Å²) < 4.78 is 17.4. The lowest BCUT2D eigenvalue weighted by Gasteiger charge is -2.10. The van der Waals surface area contributed by atoms with E-state index < -0.39 is 5.82 Å². The van der Waals surface area contributed by atoms with E-state index in [0.717, 1.165) is 11.1 Å². The lowest BCUT2D eigenvalue weighted by Crippen LogP contribution is -2.23. The molecule has 0 aliphatic rings. The first-order valence-corrected chi connectivity index (χ1v) is 10.3. The van der Waals surface area contributed by atoms with Gasteiger partial charge in [0.2, 0.25) is 0 Å². The van der Waals surface area contributed by atoms with E-state index in [9.17, 15) is 14.4 Å². The van der Waals surface area contributed by atoms with E-state index >= 15 is 0 Å². The van der Waals surface area contributed by atoms with E-state index in [1.807, 2.05) is 28.8 Å². The third kappa shape index (κ3) is 3.43. The van der Waals surface area contributed by atoms with Gasteiger partial charge in [0.25, 0.3) is 5.56 Å². The number of hydrogen-bond donors (Lipinski definition) is 0. The van der Waals surface area contributed by atoms with Crippen LogP contribution in [0.15, 0.2) is 77.9 Å². The third-order valence-electron chi connectivity index (χ3n) is 5.48. The Kier molecular flexibility index (Phi) is 4.96. The van der Waals surface area contributed by atoms with Crippen molar-refractivity contribution >= 4 is 33.5 Å². The van der Waals surface area contributed by atoms with Crippen LogP contribution in [0.2, 0.25) is 5.02 Å². The van der Waals surface area contributed by atoms with Crippen molar-refractivity contribution in [3.05, 3.63) is 111 Å². The summed E-state index contributed by atoms with van der Waals surface area (Å²) in [5.74, 6) is -0.398. The molecule has 0 bridgehead atoms. The monoisotopic (exact) mass is 442 g/mol. The van der Waals surface area contributed by atoms with Crippen molar-refractivity contribution in [1.82, 2.24) is 14.1 Å². The van der Waals surface area contributed by atoms with Gasteiger partial charge in [-0.25, -0.2) is 9.37 Å². The molecular weight excluding hydrogens is 427 g/mol. The first kappa shape index (κ1) is 20.0. The highest BCUT2D eigenvalue weighted by molar-refractivity contribution is 6.31.